The molecule has 0 atom stereocenters. The lowest BCUT2D eigenvalue weighted by atomic mass is 10.4. The number of aromatic nitrogens is 2. The molecule has 9 heteroatoms. The lowest BCUT2D eigenvalue weighted by Crippen LogP contribution is -2.11. The highest BCUT2D eigenvalue weighted by molar-refractivity contribution is 7.09. The molecular formula is C7H8N4O4S. The number of methoxy groups -OCH3 is 1. The number of hydrogen-bond acceptors (Lipinski definition) is 9. The Morgan fingerprint density at radius 3 is 2.94 bits per heavy atom. The number of rotatable bonds is 5. The third-order valence-electron chi connectivity index (χ3n) is 1.36. The van der Waals surface area contributed by atoms with Gasteiger partial charge in [-0.1, -0.05) is 5.16 Å². The number of nitrogen functional groups attached to an aromatic ring is 1. The first-order chi connectivity index (χ1) is 7.67. The van der Waals surface area contributed by atoms with Crippen LogP contribution in [0.4, 0.5) is 5.13 Å². The predicted molar refractivity (Wildman–Crippen MR) is 54.9 cm³/mol. The highest BCUT2D eigenvalue weighted by atomic mass is 32.1. The molecule has 8 nitrogen and oxygen atoms in total. The highest BCUT2D eigenvalue weighted by Crippen LogP contribution is 2.06. The molecule has 0 aliphatic carbocycles. The fourth-order valence-electron chi connectivity index (χ4n) is 0.668. The molecule has 86 valence electrons. The zero-order valence-electron chi connectivity index (χ0n) is 8.24. The van der Waals surface area contributed by atoms with Gasteiger partial charge in [-0.05, 0) is 0 Å². The maximum Gasteiger partial charge on any atom is 0.346 e. The van der Waals surface area contributed by atoms with Gasteiger partial charge in [0, 0.05) is 11.5 Å². The molecule has 0 aromatic carbocycles. The standard InChI is InChI=1S/C7H8N4O4S/c1-14-5(13)3-15-10-4(2-12)6-9-7(8)16-11-6/h2H,3H2,1H3,(H2,8,9,11)/b10-4+. The summed E-state index contributed by atoms with van der Waals surface area (Å²) in [4.78, 5) is 29.6. The van der Waals surface area contributed by atoms with Crippen molar-refractivity contribution >= 4 is 34.6 Å². The Balaban J connectivity index is 2.64. The highest BCUT2D eigenvalue weighted by Gasteiger charge is 2.10. The molecule has 1 aromatic heterocycles. The van der Waals surface area contributed by atoms with Gasteiger partial charge in [0.1, 0.15) is 0 Å². The van der Waals surface area contributed by atoms with E-state index in [1.54, 1.807) is 0 Å². The van der Waals surface area contributed by atoms with Gasteiger partial charge in [0.05, 0.1) is 7.11 Å². The van der Waals surface area contributed by atoms with E-state index in [1.165, 1.54) is 7.11 Å². The Morgan fingerprint density at radius 1 is 1.69 bits per heavy atom. The largest absolute Gasteiger partial charge is 0.466 e. The van der Waals surface area contributed by atoms with E-state index in [2.05, 4.69) is 24.1 Å². The van der Waals surface area contributed by atoms with Crippen LogP contribution in [0.1, 0.15) is 5.82 Å². The van der Waals surface area contributed by atoms with E-state index in [0.29, 0.717) is 6.29 Å². The van der Waals surface area contributed by atoms with Crippen molar-refractivity contribution < 1.29 is 19.2 Å². The zero-order valence-corrected chi connectivity index (χ0v) is 9.06. The number of oxime groups is 1. The second kappa shape index (κ2) is 5.75. The molecule has 0 radical (unpaired) electrons. The molecule has 0 bridgehead atoms. The molecule has 1 rings (SSSR count). The average Bonchev–Trinajstić information content (AvgIpc) is 2.70. The molecule has 0 unspecified atom stereocenters. The van der Waals surface area contributed by atoms with E-state index in [0.717, 1.165) is 11.5 Å². The lowest BCUT2D eigenvalue weighted by molar-refractivity contribution is -0.145. The summed E-state index contributed by atoms with van der Waals surface area (Å²) in [6.07, 6.45) is 0.402. The normalized spacial score (nSPS) is 10.9. The van der Waals surface area contributed by atoms with Gasteiger partial charge in [0.15, 0.2) is 23.0 Å². The maximum absolute atomic E-state index is 10.7. The topological polar surface area (TPSA) is 117 Å². The Bertz CT molecular complexity index is 416. The first kappa shape index (κ1) is 12.0. The monoisotopic (exact) mass is 244 g/mol. The molecule has 0 aliphatic heterocycles. The van der Waals surface area contributed by atoms with Crippen LogP contribution in [0.2, 0.25) is 0 Å². The van der Waals surface area contributed by atoms with Gasteiger partial charge < -0.3 is 15.3 Å². The van der Waals surface area contributed by atoms with E-state index < -0.39 is 12.6 Å². The fourth-order valence-corrected chi connectivity index (χ4v) is 1.11. The molecule has 0 fully saturated rings. The van der Waals surface area contributed by atoms with Crippen LogP contribution < -0.4 is 5.73 Å². The van der Waals surface area contributed by atoms with Crippen LogP contribution in [0.5, 0.6) is 0 Å². The van der Waals surface area contributed by atoms with E-state index in [-0.39, 0.29) is 16.7 Å². The van der Waals surface area contributed by atoms with Gasteiger partial charge in [-0.2, -0.15) is 9.36 Å². The van der Waals surface area contributed by atoms with E-state index in [1.807, 2.05) is 0 Å². The Labute approximate surface area is 94.2 Å². The number of carbonyl (C=O) groups is 2. The second-order valence-corrected chi connectivity index (χ2v) is 3.18. The zero-order chi connectivity index (χ0) is 12.0. The minimum Gasteiger partial charge on any atom is -0.466 e. The molecule has 16 heavy (non-hydrogen) atoms. The molecule has 0 aliphatic rings. The molecule has 2 N–H and O–H groups in total. The summed E-state index contributed by atoms with van der Waals surface area (Å²) in [5, 5.41) is 3.59. The third-order valence-corrected chi connectivity index (χ3v) is 1.90. The van der Waals surface area contributed by atoms with Crippen LogP contribution in [-0.4, -0.2) is 41.0 Å². The Hall–Kier alpha value is -2.03. The number of aldehydes is 1. The van der Waals surface area contributed by atoms with Crippen LogP contribution in [0.25, 0.3) is 0 Å². The number of anilines is 1. The molecule has 0 saturated heterocycles. The minimum atomic E-state index is -0.611. The molecule has 0 saturated carbocycles. The number of nitrogens with zero attached hydrogens (tertiary/aromatic N) is 3. The van der Waals surface area contributed by atoms with Gasteiger partial charge in [0.2, 0.25) is 6.61 Å². The van der Waals surface area contributed by atoms with Gasteiger partial charge in [-0.15, -0.1) is 0 Å². The van der Waals surface area contributed by atoms with Crippen molar-refractivity contribution in [2.45, 2.75) is 0 Å². The predicted octanol–water partition coefficient (Wildman–Crippen LogP) is -0.787. The van der Waals surface area contributed by atoms with E-state index in [9.17, 15) is 9.59 Å². The third kappa shape index (κ3) is 3.28. The first-order valence-corrected chi connectivity index (χ1v) is 4.76. The van der Waals surface area contributed by atoms with Gasteiger partial charge in [-0.3, -0.25) is 4.79 Å². The molecule has 1 heterocycles. The number of esters is 1. The van der Waals surface area contributed by atoms with Crippen LogP contribution >= 0.6 is 11.5 Å². The summed E-state index contributed by atoms with van der Waals surface area (Å²) in [6, 6.07) is 0. The van der Waals surface area contributed by atoms with Crippen LogP contribution in [-0.2, 0) is 19.2 Å². The molecule has 0 spiro atoms. The SMILES string of the molecule is COC(=O)CO/N=C(\C=O)c1nsc(N)n1. The van der Waals surface area contributed by atoms with Gasteiger partial charge >= 0.3 is 5.97 Å². The quantitative estimate of drug-likeness (QED) is 0.312. The van der Waals surface area contributed by atoms with Crippen molar-refractivity contribution in [3.05, 3.63) is 5.82 Å². The minimum absolute atomic E-state index is 0.0577. The Morgan fingerprint density at radius 2 is 2.44 bits per heavy atom. The van der Waals surface area contributed by atoms with Crippen LogP contribution in [0.15, 0.2) is 5.16 Å². The van der Waals surface area contributed by atoms with E-state index >= 15 is 0 Å². The molecular weight excluding hydrogens is 236 g/mol. The number of ether oxygens (including phenoxy) is 1. The molecule has 0 amide bonds. The number of hydrogen-bond donors (Lipinski definition) is 1. The summed E-state index contributed by atoms with van der Waals surface area (Å²) >= 11 is 0.922. The van der Waals surface area contributed by atoms with Crippen molar-refractivity contribution in [1.29, 1.82) is 0 Å². The summed E-state index contributed by atoms with van der Waals surface area (Å²) in [5.74, 6) is -0.554. The van der Waals surface area contributed by atoms with E-state index in [4.69, 9.17) is 5.73 Å². The summed E-state index contributed by atoms with van der Waals surface area (Å²) in [7, 11) is 1.21. The smallest absolute Gasteiger partial charge is 0.346 e. The second-order valence-electron chi connectivity index (χ2n) is 2.40. The van der Waals surface area contributed by atoms with Crippen molar-refractivity contribution in [2.75, 3.05) is 19.5 Å². The summed E-state index contributed by atoms with van der Waals surface area (Å²) in [6.45, 7) is -0.395. The fraction of sp³-hybridized carbons (Fsp3) is 0.286. The first-order valence-electron chi connectivity index (χ1n) is 3.99. The van der Waals surface area contributed by atoms with Crippen LogP contribution in [0, 0.1) is 0 Å². The van der Waals surface area contributed by atoms with Gasteiger partial charge in [0.25, 0.3) is 0 Å². The maximum atomic E-state index is 10.7. The number of carbonyl (C=O) groups excluding carboxylic acids is 2. The van der Waals surface area contributed by atoms with Crippen molar-refractivity contribution in [3.63, 3.8) is 0 Å². The Kier molecular flexibility index (Phi) is 4.33. The van der Waals surface area contributed by atoms with Gasteiger partial charge in [-0.25, -0.2) is 4.79 Å². The average molecular weight is 244 g/mol. The van der Waals surface area contributed by atoms with Crippen LogP contribution in [0.3, 0.4) is 0 Å². The van der Waals surface area contributed by atoms with Crippen molar-refractivity contribution in [1.82, 2.24) is 9.36 Å². The van der Waals surface area contributed by atoms with Crippen molar-refractivity contribution in [2.24, 2.45) is 5.16 Å². The summed E-state index contributed by atoms with van der Waals surface area (Å²) in [5.41, 5.74) is 5.19. The summed E-state index contributed by atoms with van der Waals surface area (Å²) < 4.78 is 8.06. The lowest BCUT2D eigenvalue weighted by Gasteiger charge is -1.97. The number of nitrogens with two attached hydrogens (primary N) is 1. The van der Waals surface area contributed by atoms with Crippen molar-refractivity contribution in [3.8, 4) is 0 Å². The molecule has 1 aromatic rings.